The van der Waals surface area contributed by atoms with Gasteiger partial charge in [-0.05, 0) is 101 Å². The molecule has 0 saturated heterocycles. The fourth-order valence-electron chi connectivity index (χ4n) is 5.44. The number of alkyl carbamates (subject to hydrolysis) is 1. The Labute approximate surface area is 269 Å². The highest BCUT2D eigenvalue weighted by Gasteiger charge is 2.30. The Morgan fingerprint density at radius 2 is 1.74 bits per heavy atom. The maximum absolute atomic E-state index is 13.5. The first-order valence-electron chi connectivity index (χ1n) is 15.4. The smallest absolute Gasteiger partial charge is 0.408 e. The second kappa shape index (κ2) is 13.6. The molecule has 46 heavy (non-hydrogen) atoms. The normalized spacial score (nSPS) is 15.0. The Kier molecular flexibility index (Phi) is 9.55. The van der Waals surface area contributed by atoms with Crippen LogP contribution in [0, 0.1) is 19.7 Å². The average molecular weight is 626 g/mol. The highest BCUT2D eigenvalue weighted by atomic mass is 19.1. The summed E-state index contributed by atoms with van der Waals surface area (Å²) < 4.78 is 24.7. The van der Waals surface area contributed by atoms with Crippen LogP contribution >= 0.6 is 0 Å². The number of aryl methyl sites for hydroxylation is 1. The molecule has 1 amide bonds. The largest absolute Gasteiger partial charge is 0.444 e. The van der Waals surface area contributed by atoms with E-state index in [0.717, 1.165) is 46.7 Å². The van der Waals surface area contributed by atoms with Crippen molar-refractivity contribution in [3.05, 3.63) is 107 Å². The number of carbonyl (C=O) groups excluding carboxylic acids is 2. The Bertz CT molecular complexity index is 1710. The zero-order valence-corrected chi connectivity index (χ0v) is 27.1. The Balaban J connectivity index is 1.36. The zero-order valence-electron chi connectivity index (χ0n) is 27.1. The van der Waals surface area contributed by atoms with Crippen molar-refractivity contribution in [3.63, 3.8) is 0 Å². The number of rotatable bonds is 8. The van der Waals surface area contributed by atoms with Gasteiger partial charge in [0.1, 0.15) is 29.0 Å². The van der Waals surface area contributed by atoms with E-state index in [0.29, 0.717) is 17.4 Å². The summed E-state index contributed by atoms with van der Waals surface area (Å²) in [6, 6.07) is 20.1. The summed E-state index contributed by atoms with van der Waals surface area (Å²) in [5.74, 6) is 0.697. The molecule has 0 radical (unpaired) electrons. The molecule has 0 spiro atoms. The molecule has 1 aromatic heterocycles. The summed E-state index contributed by atoms with van der Waals surface area (Å²) in [5.41, 5.74) is 4.80. The molecule has 2 N–H and O–H groups in total. The molecule has 2 heterocycles. The lowest BCUT2D eigenvalue weighted by atomic mass is 9.93. The van der Waals surface area contributed by atoms with Crippen LogP contribution < -0.4 is 20.3 Å². The number of carbonyl (C=O) groups is 2. The van der Waals surface area contributed by atoms with E-state index in [1.807, 2.05) is 56.3 Å². The van der Waals surface area contributed by atoms with E-state index in [9.17, 15) is 14.0 Å². The molecule has 4 aromatic rings. The molecule has 1 aliphatic rings. The predicted molar refractivity (Wildman–Crippen MR) is 176 cm³/mol. The number of esters is 1. The molecular formula is C36H40FN5O4. The summed E-state index contributed by atoms with van der Waals surface area (Å²) in [6.45, 7) is 12.1. The molecule has 3 aromatic carbocycles. The highest BCUT2D eigenvalue weighted by molar-refractivity contribution is 5.83. The van der Waals surface area contributed by atoms with Gasteiger partial charge in [-0.2, -0.15) is 4.98 Å². The summed E-state index contributed by atoms with van der Waals surface area (Å²) >= 11 is 0. The second-order valence-electron chi connectivity index (χ2n) is 12.5. The summed E-state index contributed by atoms with van der Waals surface area (Å²) in [5, 5.41) is 5.88. The van der Waals surface area contributed by atoms with Crippen molar-refractivity contribution < 1.29 is 23.5 Å². The number of anilines is 3. The number of nitrogens with one attached hydrogen (secondary N) is 2. The van der Waals surface area contributed by atoms with E-state index in [2.05, 4.69) is 27.4 Å². The monoisotopic (exact) mass is 625 g/mol. The van der Waals surface area contributed by atoms with E-state index < -0.39 is 23.7 Å². The number of hydrogen-bond donors (Lipinski definition) is 2. The van der Waals surface area contributed by atoms with Crippen LogP contribution in [0.2, 0.25) is 0 Å². The van der Waals surface area contributed by atoms with Gasteiger partial charge in [0.2, 0.25) is 5.95 Å². The lowest BCUT2D eigenvalue weighted by Crippen LogP contribution is -2.46. The first kappa shape index (κ1) is 32.4. The predicted octanol–water partition coefficient (Wildman–Crippen LogP) is 7.14. The number of aromatic nitrogens is 2. The van der Waals surface area contributed by atoms with Crippen LogP contribution in [0.15, 0.2) is 72.8 Å². The third kappa shape index (κ3) is 7.99. The second-order valence-corrected chi connectivity index (χ2v) is 12.5. The maximum atomic E-state index is 13.5. The number of fused-ring (bicyclic) bond motifs is 1. The van der Waals surface area contributed by atoms with Gasteiger partial charge in [-0.3, -0.25) is 0 Å². The Morgan fingerprint density at radius 3 is 2.43 bits per heavy atom. The minimum absolute atomic E-state index is 0.0888. The van der Waals surface area contributed by atoms with E-state index in [1.54, 1.807) is 39.0 Å². The van der Waals surface area contributed by atoms with Crippen molar-refractivity contribution in [2.75, 3.05) is 16.8 Å². The van der Waals surface area contributed by atoms with Crippen molar-refractivity contribution in [1.29, 1.82) is 0 Å². The quantitative estimate of drug-likeness (QED) is 0.157. The van der Waals surface area contributed by atoms with E-state index >= 15 is 0 Å². The molecule has 0 fully saturated rings. The van der Waals surface area contributed by atoms with Crippen LogP contribution in [0.25, 0.3) is 0 Å². The van der Waals surface area contributed by atoms with E-state index in [4.69, 9.17) is 14.5 Å². The standard InChI is InChI=1S/C36H40FN5O4/c1-22-23(2)38-34(39-28-15-13-27(37)14-16-28)41-32(22)42-19-18-26-12-17-29(21-30(26)24(42)3)45-33(43)31(20-25-10-8-7-9-11-25)40-35(44)46-36(4,5)6/h7-17,21,24,31H,18-20H2,1-6H3,(H,40,44)(H,38,39,41). The molecule has 0 saturated carbocycles. The molecule has 2 atom stereocenters. The number of amides is 1. The van der Waals surface area contributed by atoms with Gasteiger partial charge in [-0.25, -0.2) is 19.0 Å². The molecule has 1 aliphatic heterocycles. The number of hydrogen-bond acceptors (Lipinski definition) is 8. The van der Waals surface area contributed by atoms with Crippen LogP contribution in [0.1, 0.15) is 61.7 Å². The third-order valence-corrected chi connectivity index (χ3v) is 7.87. The molecule has 2 unspecified atom stereocenters. The van der Waals surface area contributed by atoms with Crippen molar-refractivity contribution >= 4 is 29.5 Å². The summed E-state index contributed by atoms with van der Waals surface area (Å²) in [6.07, 6.45) is 0.326. The fourth-order valence-corrected chi connectivity index (χ4v) is 5.44. The summed E-state index contributed by atoms with van der Waals surface area (Å²) in [4.78, 5) is 37.8. The first-order valence-corrected chi connectivity index (χ1v) is 15.4. The van der Waals surface area contributed by atoms with Crippen molar-refractivity contribution in [3.8, 4) is 5.75 Å². The van der Waals surface area contributed by atoms with Gasteiger partial charge in [0.25, 0.3) is 0 Å². The molecule has 9 nitrogen and oxygen atoms in total. The third-order valence-electron chi connectivity index (χ3n) is 7.87. The van der Waals surface area contributed by atoms with Gasteiger partial charge in [0.05, 0.1) is 6.04 Å². The Hall–Kier alpha value is -4.99. The Morgan fingerprint density at radius 1 is 1.02 bits per heavy atom. The van der Waals surface area contributed by atoms with Gasteiger partial charge in [0.15, 0.2) is 0 Å². The molecule has 0 aliphatic carbocycles. The minimum Gasteiger partial charge on any atom is -0.444 e. The van der Waals surface area contributed by atoms with Gasteiger partial charge in [-0.15, -0.1) is 0 Å². The van der Waals surface area contributed by atoms with Crippen molar-refractivity contribution in [2.24, 2.45) is 0 Å². The average Bonchev–Trinajstić information content (AvgIpc) is 3.00. The maximum Gasteiger partial charge on any atom is 0.408 e. The minimum atomic E-state index is -0.958. The van der Waals surface area contributed by atoms with Gasteiger partial charge in [0, 0.05) is 29.9 Å². The van der Waals surface area contributed by atoms with Crippen molar-refractivity contribution in [1.82, 2.24) is 15.3 Å². The van der Waals surface area contributed by atoms with Crippen LogP contribution in [0.5, 0.6) is 5.75 Å². The highest BCUT2D eigenvalue weighted by Crippen LogP contribution is 2.37. The van der Waals surface area contributed by atoms with Gasteiger partial charge < -0.3 is 25.0 Å². The molecule has 240 valence electrons. The zero-order chi connectivity index (χ0) is 33.0. The van der Waals surface area contributed by atoms with Gasteiger partial charge in [-0.1, -0.05) is 36.4 Å². The van der Waals surface area contributed by atoms with Crippen molar-refractivity contribution in [2.45, 2.75) is 72.1 Å². The molecular weight excluding hydrogens is 585 g/mol. The number of ether oxygens (including phenoxy) is 2. The SMILES string of the molecule is Cc1nc(Nc2ccc(F)cc2)nc(N2CCc3ccc(OC(=O)C(Cc4ccccc4)NC(=O)OC(C)(C)C)cc3C2C)c1C. The van der Waals surface area contributed by atoms with Crippen LogP contribution in [-0.2, 0) is 22.4 Å². The van der Waals surface area contributed by atoms with Crippen LogP contribution in [0.3, 0.4) is 0 Å². The van der Waals surface area contributed by atoms with Crippen LogP contribution in [0.4, 0.5) is 26.6 Å². The molecule has 0 bridgehead atoms. The number of halogens is 1. The van der Waals surface area contributed by atoms with Gasteiger partial charge >= 0.3 is 12.1 Å². The molecule has 5 rings (SSSR count). The lowest BCUT2D eigenvalue weighted by molar-refractivity contribution is -0.136. The van der Waals surface area contributed by atoms with E-state index in [-0.39, 0.29) is 18.3 Å². The summed E-state index contributed by atoms with van der Waals surface area (Å²) in [7, 11) is 0. The number of benzene rings is 3. The topological polar surface area (TPSA) is 106 Å². The lowest BCUT2D eigenvalue weighted by Gasteiger charge is -2.37. The number of nitrogens with zero attached hydrogens (tertiary/aromatic N) is 3. The molecule has 10 heteroatoms. The fraction of sp³-hybridized carbons (Fsp3) is 0.333. The van der Waals surface area contributed by atoms with Crippen LogP contribution in [-0.4, -0.2) is 40.2 Å². The van der Waals surface area contributed by atoms with E-state index in [1.165, 1.54) is 12.1 Å². The first-order chi connectivity index (χ1) is 21.9.